The quantitative estimate of drug-likeness (QED) is 0.361. The highest BCUT2D eigenvalue weighted by atomic mass is 35.5. The Labute approximate surface area is 183 Å². The van der Waals surface area contributed by atoms with Gasteiger partial charge in [0, 0.05) is 23.4 Å². The first-order valence-electron chi connectivity index (χ1n) is 8.83. The Morgan fingerprint density at radius 1 is 1.17 bits per heavy atom. The maximum Gasteiger partial charge on any atom is 0.224 e. The number of hydrogen-bond acceptors (Lipinski definition) is 8. The van der Waals surface area contributed by atoms with E-state index in [1.54, 1.807) is 18.3 Å². The lowest BCUT2D eigenvalue weighted by Gasteiger charge is -2.05. The molecule has 4 aromatic rings. The number of hydrogen-bond donors (Lipinski definition) is 3. The molecule has 0 spiro atoms. The highest BCUT2D eigenvalue weighted by Gasteiger charge is 2.06. The Balaban J connectivity index is 0.00000256. The zero-order valence-corrected chi connectivity index (χ0v) is 17.5. The van der Waals surface area contributed by atoms with Crippen LogP contribution >= 0.6 is 24.0 Å². The summed E-state index contributed by atoms with van der Waals surface area (Å²) in [5.41, 5.74) is 1.79. The van der Waals surface area contributed by atoms with Gasteiger partial charge in [-0.15, -0.1) is 12.4 Å². The summed E-state index contributed by atoms with van der Waals surface area (Å²) in [7, 11) is 0. The van der Waals surface area contributed by atoms with Gasteiger partial charge >= 0.3 is 0 Å². The van der Waals surface area contributed by atoms with Crippen molar-refractivity contribution in [3.05, 3.63) is 70.7 Å². The summed E-state index contributed by atoms with van der Waals surface area (Å²) in [4.78, 5) is 8.59. The van der Waals surface area contributed by atoms with Gasteiger partial charge in [-0.2, -0.15) is 10.1 Å². The van der Waals surface area contributed by atoms with Crippen LogP contribution in [0.15, 0.2) is 53.2 Å². The predicted molar refractivity (Wildman–Crippen MR) is 116 cm³/mol. The van der Waals surface area contributed by atoms with Gasteiger partial charge in [-0.1, -0.05) is 28.9 Å². The summed E-state index contributed by atoms with van der Waals surface area (Å²) in [6, 6.07) is 12.8. The standard InChI is InChI=1S/C19H18ClN7O2.ClH/c1-12-7-15(29-27-12)10-22-19-21-6-5-16(24-19)23-17-9-18(26-25-17)28-11-13-3-2-4-14(20)8-13;/h2-9H,10-11H2,1H3,(H3,21,22,23,24,25,26);1H. The number of aromatic nitrogens is 5. The first kappa shape index (κ1) is 21.4. The number of benzene rings is 1. The van der Waals surface area contributed by atoms with Crippen molar-refractivity contribution < 1.29 is 9.26 Å². The number of rotatable bonds is 8. The average molecular weight is 448 g/mol. The molecule has 0 saturated heterocycles. The van der Waals surface area contributed by atoms with Gasteiger partial charge in [-0.3, -0.25) is 0 Å². The summed E-state index contributed by atoms with van der Waals surface area (Å²) in [6.07, 6.45) is 1.65. The molecule has 0 aliphatic rings. The van der Waals surface area contributed by atoms with E-state index in [0.29, 0.717) is 47.4 Å². The third-order valence-corrected chi connectivity index (χ3v) is 4.08. The molecule has 0 aliphatic carbocycles. The molecule has 9 nitrogen and oxygen atoms in total. The van der Waals surface area contributed by atoms with Crippen molar-refractivity contribution in [3.8, 4) is 5.88 Å². The van der Waals surface area contributed by atoms with E-state index in [2.05, 4.69) is 36.0 Å². The van der Waals surface area contributed by atoms with Crippen molar-refractivity contribution >= 4 is 41.6 Å². The van der Waals surface area contributed by atoms with E-state index in [1.807, 2.05) is 37.3 Å². The molecule has 4 rings (SSSR count). The fraction of sp³-hybridized carbons (Fsp3) is 0.158. The zero-order valence-electron chi connectivity index (χ0n) is 15.9. The molecule has 3 aromatic heterocycles. The van der Waals surface area contributed by atoms with Gasteiger partial charge < -0.3 is 19.9 Å². The Bertz CT molecular complexity index is 1100. The largest absolute Gasteiger partial charge is 0.473 e. The molecule has 1 aromatic carbocycles. The lowest BCUT2D eigenvalue weighted by molar-refractivity contribution is 0.293. The minimum Gasteiger partial charge on any atom is -0.473 e. The molecule has 0 bridgehead atoms. The zero-order chi connectivity index (χ0) is 20.1. The molecule has 156 valence electrons. The monoisotopic (exact) mass is 447 g/mol. The van der Waals surface area contributed by atoms with Gasteiger partial charge in [0.05, 0.1) is 12.2 Å². The summed E-state index contributed by atoms with van der Waals surface area (Å²) in [5.74, 6) is 2.85. The van der Waals surface area contributed by atoms with Crippen LogP contribution in [0.1, 0.15) is 17.0 Å². The second-order valence-corrected chi connectivity index (χ2v) is 6.65. The van der Waals surface area contributed by atoms with Crippen LogP contribution in [0.4, 0.5) is 17.6 Å². The number of halogens is 2. The SMILES string of the molecule is Cc1cc(CNc2nccc(Nc3cc(OCc4cccc(Cl)c4)[nH]n3)n2)on1.Cl. The Morgan fingerprint density at radius 3 is 2.87 bits per heavy atom. The molecule has 3 N–H and O–H groups in total. The Morgan fingerprint density at radius 2 is 2.07 bits per heavy atom. The van der Waals surface area contributed by atoms with Crippen molar-refractivity contribution in [1.29, 1.82) is 0 Å². The van der Waals surface area contributed by atoms with Crippen molar-refractivity contribution in [1.82, 2.24) is 25.3 Å². The van der Waals surface area contributed by atoms with Crippen LogP contribution in [-0.2, 0) is 13.2 Å². The average Bonchev–Trinajstić information content (AvgIpc) is 3.34. The molecule has 0 fully saturated rings. The normalized spacial score (nSPS) is 10.3. The molecule has 3 heterocycles. The molecular formula is C19H19Cl2N7O2. The summed E-state index contributed by atoms with van der Waals surface area (Å²) in [5, 5.41) is 17.7. The molecule has 0 saturated carbocycles. The first-order valence-corrected chi connectivity index (χ1v) is 9.21. The summed E-state index contributed by atoms with van der Waals surface area (Å²) >= 11 is 5.98. The fourth-order valence-corrected chi connectivity index (χ4v) is 2.75. The van der Waals surface area contributed by atoms with Crippen molar-refractivity contribution in [3.63, 3.8) is 0 Å². The van der Waals surface area contributed by atoms with Gasteiger partial charge in [0.15, 0.2) is 11.6 Å². The Kier molecular flexibility index (Phi) is 7.10. The number of anilines is 3. The number of aryl methyl sites for hydroxylation is 1. The van der Waals surface area contributed by atoms with E-state index < -0.39 is 0 Å². The fourth-order valence-electron chi connectivity index (χ4n) is 2.54. The molecule has 30 heavy (non-hydrogen) atoms. The van der Waals surface area contributed by atoms with E-state index in [4.69, 9.17) is 20.9 Å². The number of aromatic amines is 1. The van der Waals surface area contributed by atoms with Crippen molar-refractivity contribution in [2.45, 2.75) is 20.1 Å². The topological polar surface area (TPSA) is 114 Å². The van der Waals surface area contributed by atoms with Gasteiger partial charge in [-0.25, -0.2) is 10.1 Å². The lowest BCUT2D eigenvalue weighted by Crippen LogP contribution is -2.04. The highest BCUT2D eigenvalue weighted by molar-refractivity contribution is 6.30. The molecular weight excluding hydrogens is 429 g/mol. The van der Waals surface area contributed by atoms with Crippen molar-refractivity contribution in [2.75, 3.05) is 10.6 Å². The number of ether oxygens (including phenoxy) is 1. The third kappa shape index (κ3) is 5.85. The number of nitrogens with one attached hydrogen (secondary N) is 3. The summed E-state index contributed by atoms with van der Waals surface area (Å²) in [6.45, 7) is 2.68. The predicted octanol–water partition coefficient (Wildman–Crippen LogP) is 4.51. The minimum absolute atomic E-state index is 0. The van der Waals surface area contributed by atoms with Gasteiger partial charge in [0.1, 0.15) is 12.4 Å². The third-order valence-electron chi connectivity index (χ3n) is 3.85. The number of H-pyrrole nitrogens is 1. The molecule has 0 radical (unpaired) electrons. The van der Waals surface area contributed by atoms with E-state index in [0.717, 1.165) is 11.3 Å². The second-order valence-electron chi connectivity index (χ2n) is 6.21. The highest BCUT2D eigenvalue weighted by Crippen LogP contribution is 2.19. The van der Waals surface area contributed by atoms with Crippen LogP contribution in [0.2, 0.25) is 5.02 Å². The van der Waals surface area contributed by atoms with Crippen LogP contribution in [0.3, 0.4) is 0 Å². The molecule has 0 amide bonds. The molecule has 11 heteroatoms. The van der Waals surface area contributed by atoms with Crippen LogP contribution < -0.4 is 15.4 Å². The number of nitrogens with zero attached hydrogens (tertiary/aromatic N) is 4. The molecule has 0 atom stereocenters. The van der Waals surface area contributed by atoms with E-state index in [9.17, 15) is 0 Å². The smallest absolute Gasteiger partial charge is 0.224 e. The maximum atomic E-state index is 5.98. The second kappa shape index (κ2) is 9.95. The van der Waals surface area contributed by atoms with Crippen molar-refractivity contribution in [2.24, 2.45) is 0 Å². The van der Waals surface area contributed by atoms with Gasteiger partial charge in [-0.05, 0) is 30.7 Å². The molecule has 0 aliphatic heterocycles. The van der Waals surface area contributed by atoms with Crippen LogP contribution in [0, 0.1) is 6.92 Å². The molecule has 0 unspecified atom stereocenters. The van der Waals surface area contributed by atoms with Crippen LogP contribution in [0.5, 0.6) is 5.88 Å². The van der Waals surface area contributed by atoms with Gasteiger partial charge in [0.2, 0.25) is 11.8 Å². The minimum atomic E-state index is 0. The van der Waals surface area contributed by atoms with Crippen LogP contribution in [0.25, 0.3) is 0 Å². The summed E-state index contributed by atoms with van der Waals surface area (Å²) < 4.78 is 10.9. The van der Waals surface area contributed by atoms with E-state index in [-0.39, 0.29) is 12.4 Å². The Hall–Kier alpha value is -3.30. The van der Waals surface area contributed by atoms with Gasteiger partial charge in [0.25, 0.3) is 0 Å². The van der Waals surface area contributed by atoms with E-state index in [1.165, 1.54) is 0 Å². The maximum absolute atomic E-state index is 5.98. The van der Waals surface area contributed by atoms with E-state index >= 15 is 0 Å². The van der Waals surface area contributed by atoms with Crippen LogP contribution in [-0.4, -0.2) is 25.3 Å². The lowest BCUT2D eigenvalue weighted by atomic mass is 10.2. The first-order chi connectivity index (χ1) is 14.1.